The lowest BCUT2D eigenvalue weighted by Gasteiger charge is -2.17. The largest absolute Gasteiger partial charge is 0.513 e. The maximum absolute atomic E-state index is 12.8. The van der Waals surface area contributed by atoms with E-state index < -0.39 is 24.4 Å². The van der Waals surface area contributed by atoms with Gasteiger partial charge in [-0.2, -0.15) is 5.26 Å². The van der Waals surface area contributed by atoms with Crippen LogP contribution >= 0.6 is 0 Å². The summed E-state index contributed by atoms with van der Waals surface area (Å²) < 4.78 is 25.3. The number of carbonyl (C=O) groups excluding carboxylic acids is 3. The van der Waals surface area contributed by atoms with Crippen LogP contribution in [-0.2, 0) is 19.0 Å². The van der Waals surface area contributed by atoms with Crippen molar-refractivity contribution in [1.29, 1.82) is 5.26 Å². The van der Waals surface area contributed by atoms with Crippen LogP contribution in [0.2, 0.25) is 0 Å². The molecule has 9 heteroatoms. The first-order valence-corrected chi connectivity index (χ1v) is 11.1. The molecule has 0 spiro atoms. The maximum atomic E-state index is 12.8. The summed E-state index contributed by atoms with van der Waals surface area (Å²) in [6, 6.07) is 15.2. The fraction of sp³-hybridized carbons (Fsp3) is 0.308. The van der Waals surface area contributed by atoms with Gasteiger partial charge in [0.25, 0.3) is 0 Å². The number of esters is 1. The van der Waals surface area contributed by atoms with Gasteiger partial charge in [-0.15, -0.1) is 0 Å². The SMILES string of the molecule is CCC[C@H](OC(=O)C(C#N)=Cc1ccc(OC(=O)OCC)c(OC(=O)OCC)c1)c1ccccc1. The molecule has 0 aliphatic heterocycles. The highest BCUT2D eigenvalue weighted by Crippen LogP contribution is 2.31. The summed E-state index contributed by atoms with van der Waals surface area (Å²) in [6.45, 7) is 5.33. The zero-order chi connectivity index (χ0) is 25.6. The van der Waals surface area contributed by atoms with Gasteiger partial charge in [0.15, 0.2) is 11.5 Å². The van der Waals surface area contributed by atoms with Gasteiger partial charge < -0.3 is 23.7 Å². The minimum atomic E-state index is -1.02. The van der Waals surface area contributed by atoms with Gasteiger partial charge in [-0.25, -0.2) is 14.4 Å². The normalized spacial score (nSPS) is 11.5. The lowest BCUT2D eigenvalue weighted by atomic mass is 10.0. The Kier molecular flexibility index (Phi) is 10.8. The fourth-order valence-electron chi connectivity index (χ4n) is 2.97. The van der Waals surface area contributed by atoms with Crippen LogP contribution < -0.4 is 9.47 Å². The molecule has 2 aromatic rings. The third-order valence-electron chi connectivity index (χ3n) is 4.50. The van der Waals surface area contributed by atoms with Gasteiger partial charge in [-0.3, -0.25) is 0 Å². The van der Waals surface area contributed by atoms with Crippen molar-refractivity contribution in [3.8, 4) is 17.6 Å². The van der Waals surface area contributed by atoms with Crippen molar-refractivity contribution in [3.05, 3.63) is 65.2 Å². The quantitative estimate of drug-likeness (QED) is 0.137. The Balaban J connectivity index is 2.32. The Labute approximate surface area is 203 Å². The monoisotopic (exact) mass is 481 g/mol. The van der Waals surface area contributed by atoms with E-state index >= 15 is 0 Å². The Morgan fingerprint density at radius 3 is 2.11 bits per heavy atom. The van der Waals surface area contributed by atoms with Crippen LogP contribution in [-0.4, -0.2) is 31.5 Å². The van der Waals surface area contributed by atoms with E-state index in [4.69, 9.17) is 23.7 Å². The maximum Gasteiger partial charge on any atom is 0.513 e. The molecular weight excluding hydrogens is 454 g/mol. The van der Waals surface area contributed by atoms with Gasteiger partial charge in [-0.05, 0) is 49.6 Å². The van der Waals surface area contributed by atoms with E-state index in [1.54, 1.807) is 13.8 Å². The average Bonchev–Trinajstić information content (AvgIpc) is 2.84. The van der Waals surface area contributed by atoms with Crippen LogP contribution in [0, 0.1) is 11.3 Å². The summed E-state index contributed by atoms with van der Waals surface area (Å²) >= 11 is 0. The van der Waals surface area contributed by atoms with Gasteiger partial charge in [0.05, 0.1) is 13.2 Å². The van der Waals surface area contributed by atoms with Gasteiger partial charge in [0.2, 0.25) is 0 Å². The van der Waals surface area contributed by atoms with Gasteiger partial charge >= 0.3 is 18.3 Å². The predicted molar refractivity (Wildman–Crippen MR) is 126 cm³/mol. The number of hydrogen-bond acceptors (Lipinski definition) is 9. The van der Waals surface area contributed by atoms with Crippen LogP contribution in [0.4, 0.5) is 9.59 Å². The molecule has 0 N–H and O–H groups in total. The lowest BCUT2D eigenvalue weighted by molar-refractivity contribution is -0.144. The predicted octanol–water partition coefficient (Wildman–Crippen LogP) is 5.75. The van der Waals surface area contributed by atoms with Crippen molar-refractivity contribution in [3.63, 3.8) is 0 Å². The number of carbonyl (C=O) groups is 3. The van der Waals surface area contributed by atoms with E-state index in [1.165, 1.54) is 24.3 Å². The molecule has 0 amide bonds. The first-order chi connectivity index (χ1) is 16.9. The molecule has 0 heterocycles. The Hall–Kier alpha value is -4.32. The zero-order valence-corrected chi connectivity index (χ0v) is 19.8. The minimum absolute atomic E-state index is 0.0667. The topological polar surface area (TPSA) is 121 Å². The number of nitriles is 1. The summed E-state index contributed by atoms with van der Waals surface area (Å²) in [6.07, 6.45) is 0.123. The number of hydrogen-bond donors (Lipinski definition) is 0. The number of rotatable bonds is 10. The highest BCUT2D eigenvalue weighted by atomic mass is 16.7. The average molecular weight is 482 g/mol. The molecule has 9 nitrogen and oxygen atoms in total. The molecular formula is C26H27NO8. The molecule has 0 fully saturated rings. The van der Waals surface area contributed by atoms with Crippen molar-refractivity contribution >= 4 is 24.4 Å². The summed E-state index contributed by atoms with van der Waals surface area (Å²) in [4.78, 5) is 36.3. The second-order valence-corrected chi connectivity index (χ2v) is 7.04. The highest BCUT2D eigenvalue weighted by Gasteiger charge is 2.20. The summed E-state index contributed by atoms with van der Waals surface area (Å²) in [5.41, 5.74) is 0.884. The van der Waals surface area contributed by atoms with Crippen molar-refractivity contribution < 1.29 is 38.1 Å². The van der Waals surface area contributed by atoms with Crippen LogP contribution in [0.25, 0.3) is 6.08 Å². The summed E-state index contributed by atoms with van der Waals surface area (Å²) in [7, 11) is 0. The van der Waals surface area contributed by atoms with E-state index in [9.17, 15) is 19.6 Å². The molecule has 0 aromatic heterocycles. The summed E-state index contributed by atoms with van der Waals surface area (Å²) in [5.74, 6) is -1.07. The number of nitrogens with zero attached hydrogens (tertiary/aromatic N) is 1. The molecule has 184 valence electrons. The molecule has 0 unspecified atom stereocenters. The highest BCUT2D eigenvalue weighted by molar-refractivity contribution is 5.98. The first-order valence-electron chi connectivity index (χ1n) is 11.1. The van der Waals surface area contributed by atoms with Gasteiger partial charge in [-0.1, -0.05) is 49.7 Å². The smallest absolute Gasteiger partial charge is 0.453 e. The molecule has 0 bridgehead atoms. The molecule has 0 aliphatic rings. The van der Waals surface area contributed by atoms with E-state index in [1.807, 2.05) is 43.3 Å². The zero-order valence-electron chi connectivity index (χ0n) is 19.8. The van der Waals surface area contributed by atoms with E-state index in [0.717, 1.165) is 12.0 Å². The number of ether oxygens (including phenoxy) is 5. The van der Waals surface area contributed by atoms with Crippen molar-refractivity contribution in [2.45, 2.75) is 39.7 Å². The Morgan fingerprint density at radius 1 is 0.914 bits per heavy atom. The minimum Gasteiger partial charge on any atom is -0.453 e. The molecule has 0 saturated heterocycles. The van der Waals surface area contributed by atoms with Crippen molar-refractivity contribution in [2.24, 2.45) is 0 Å². The van der Waals surface area contributed by atoms with Crippen LogP contribution in [0.3, 0.4) is 0 Å². The molecule has 1 atom stereocenters. The third-order valence-corrected chi connectivity index (χ3v) is 4.50. The first kappa shape index (κ1) is 26.9. The number of benzene rings is 2. The van der Waals surface area contributed by atoms with E-state index in [0.29, 0.717) is 12.0 Å². The Bertz CT molecular complexity index is 1090. The molecule has 2 rings (SSSR count). The van der Waals surface area contributed by atoms with Gasteiger partial charge in [0.1, 0.15) is 17.7 Å². The van der Waals surface area contributed by atoms with Crippen molar-refractivity contribution in [1.82, 2.24) is 0 Å². The van der Waals surface area contributed by atoms with Crippen LogP contribution in [0.1, 0.15) is 50.8 Å². The second kappa shape index (κ2) is 14.1. The molecule has 0 aliphatic carbocycles. The molecule has 35 heavy (non-hydrogen) atoms. The molecule has 0 saturated carbocycles. The molecule has 0 radical (unpaired) electrons. The molecule has 2 aromatic carbocycles. The second-order valence-electron chi connectivity index (χ2n) is 7.04. The Morgan fingerprint density at radius 2 is 1.54 bits per heavy atom. The van der Waals surface area contributed by atoms with Crippen molar-refractivity contribution in [2.75, 3.05) is 13.2 Å². The lowest BCUT2D eigenvalue weighted by Crippen LogP contribution is -2.14. The van der Waals surface area contributed by atoms with Crippen LogP contribution in [0.15, 0.2) is 54.1 Å². The van der Waals surface area contributed by atoms with E-state index in [2.05, 4.69) is 0 Å². The van der Waals surface area contributed by atoms with E-state index in [-0.39, 0.29) is 30.3 Å². The third kappa shape index (κ3) is 8.51. The van der Waals surface area contributed by atoms with Crippen LogP contribution in [0.5, 0.6) is 11.5 Å². The standard InChI is InChI=1S/C26H27NO8/c1-4-10-21(19-11-8-7-9-12-19)33-24(28)20(17-27)15-18-13-14-22(34-25(29)31-5-2)23(16-18)35-26(30)32-6-3/h7-9,11-16,21H,4-6,10H2,1-3H3/t21-/m0/s1. The van der Waals surface area contributed by atoms with Gasteiger partial charge in [0, 0.05) is 0 Å². The summed E-state index contributed by atoms with van der Waals surface area (Å²) in [5, 5.41) is 9.58. The fourth-order valence-corrected chi connectivity index (χ4v) is 2.97.